The van der Waals surface area contributed by atoms with Crippen molar-refractivity contribution in [2.24, 2.45) is 5.92 Å². The molecule has 1 saturated carbocycles. The maximum absolute atomic E-state index is 3.69. The molecule has 0 aromatic rings. The van der Waals surface area contributed by atoms with Crippen molar-refractivity contribution in [3.63, 3.8) is 0 Å². The molecule has 1 aliphatic heterocycles. The number of rotatable bonds is 4. The molecule has 0 aromatic carbocycles. The number of hydrogen-bond acceptors (Lipinski definition) is 2. The molecule has 1 heterocycles. The largest absolute Gasteiger partial charge is 0.309 e. The first-order valence-corrected chi connectivity index (χ1v) is 6.62. The third-order valence-corrected chi connectivity index (χ3v) is 4.30. The quantitative estimate of drug-likeness (QED) is 0.765. The summed E-state index contributed by atoms with van der Waals surface area (Å²) in [7, 11) is 0. The SMILES string of the molecule is CCC1(C)CN(CCC2CC2)C(C)CN1. The van der Waals surface area contributed by atoms with Crippen molar-refractivity contribution < 1.29 is 0 Å². The highest BCUT2D eigenvalue weighted by molar-refractivity contribution is 4.93. The molecule has 1 aliphatic carbocycles. The fourth-order valence-corrected chi connectivity index (χ4v) is 2.47. The lowest BCUT2D eigenvalue weighted by molar-refractivity contribution is 0.0906. The van der Waals surface area contributed by atoms with E-state index in [9.17, 15) is 0 Å². The maximum atomic E-state index is 3.69. The van der Waals surface area contributed by atoms with Gasteiger partial charge in [-0.2, -0.15) is 0 Å². The van der Waals surface area contributed by atoms with Crippen LogP contribution in [0.15, 0.2) is 0 Å². The Balaban J connectivity index is 1.83. The second-order valence-corrected chi connectivity index (χ2v) is 5.85. The van der Waals surface area contributed by atoms with Gasteiger partial charge in [-0.1, -0.05) is 19.8 Å². The van der Waals surface area contributed by atoms with E-state index in [4.69, 9.17) is 0 Å². The summed E-state index contributed by atoms with van der Waals surface area (Å²) in [5, 5.41) is 3.69. The Bertz CT molecular complexity index is 213. The Morgan fingerprint density at radius 2 is 2.13 bits per heavy atom. The van der Waals surface area contributed by atoms with E-state index in [2.05, 4.69) is 31.0 Å². The molecule has 2 fully saturated rings. The molecule has 2 unspecified atom stereocenters. The molecule has 2 nitrogen and oxygen atoms in total. The van der Waals surface area contributed by atoms with Gasteiger partial charge >= 0.3 is 0 Å². The number of nitrogens with zero attached hydrogens (tertiary/aromatic N) is 1. The van der Waals surface area contributed by atoms with Crippen molar-refractivity contribution in [1.82, 2.24) is 10.2 Å². The van der Waals surface area contributed by atoms with E-state index in [1.807, 2.05) is 0 Å². The smallest absolute Gasteiger partial charge is 0.0278 e. The molecule has 1 saturated heterocycles. The Kier molecular flexibility index (Phi) is 3.36. The summed E-state index contributed by atoms with van der Waals surface area (Å²) in [5.74, 6) is 1.07. The van der Waals surface area contributed by atoms with Crippen LogP contribution in [0.4, 0.5) is 0 Å². The van der Waals surface area contributed by atoms with Gasteiger partial charge in [-0.15, -0.1) is 0 Å². The van der Waals surface area contributed by atoms with Crippen LogP contribution in [0.3, 0.4) is 0 Å². The van der Waals surface area contributed by atoms with Gasteiger partial charge in [-0.25, -0.2) is 0 Å². The van der Waals surface area contributed by atoms with Crippen LogP contribution in [0.2, 0.25) is 0 Å². The van der Waals surface area contributed by atoms with Crippen molar-refractivity contribution in [1.29, 1.82) is 0 Å². The Hall–Kier alpha value is -0.0800. The Labute approximate surface area is 94.4 Å². The highest BCUT2D eigenvalue weighted by Crippen LogP contribution is 2.33. The van der Waals surface area contributed by atoms with E-state index in [0.717, 1.165) is 18.5 Å². The molecule has 0 spiro atoms. The third kappa shape index (κ3) is 2.94. The molecule has 0 amide bonds. The molecule has 15 heavy (non-hydrogen) atoms. The average molecular weight is 210 g/mol. The average Bonchev–Trinajstić information content (AvgIpc) is 3.04. The van der Waals surface area contributed by atoms with Crippen LogP contribution in [0.5, 0.6) is 0 Å². The summed E-state index contributed by atoms with van der Waals surface area (Å²) in [4.78, 5) is 2.69. The lowest BCUT2D eigenvalue weighted by atomic mass is 9.93. The van der Waals surface area contributed by atoms with E-state index in [1.165, 1.54) is 38.8 Å². The summed E-state index contributed by atoms with van der Waals surface area (Å²) < 4.78 is 0. The van der Waals surface area contributed by atoms with E-state index in [1.54, 1.807) is 0 Å². The molecule has 2 atom stereocenters. The molecule has 2 rings (SSSR count). The lowest BCUT2D eigenvalue weighted by Gasteiger charge is -2.45. The zero-order chi connectivity index (χ0) is 10.9. The lowest BCUT2D eigenvalue weighted by Crippen LogP contribution is -2.61. The molecule has 0 aromatic heterocycles. The van der Waals surface area contributed by atoms with Gasteiger partial charge in [0.2, 0.25) is 0 Å². The normalized spacial score (nSPS) is 38.2. The van der Waals surface area contributed by atoms with Crippen molar-refractivity contribution >= 4 is 0 Å². The predicted octanol–water partition coefficient (Wildman–Crippen LogP) is 2.25. The topological polar surface area (TPSA) is 15.3 Å². The zero-order valence-corrected chi connectivity index (χ0v) is 10.6. The molecular formula is C13H26N2. The monoisotopic (exact) mass is 210 g/mol. The third-order valence-electron chi connectivity index (χ3n) is 4.30. The van der Waals surface area contributed by atoms with Crippen molar-refractivity contribution in [3.05, 3.63) is 0 Å². The fourth-order valence-electron chi connectivity index (χ4n) is 2.47. The van der Waals surface area contributed by atoms with Crippen LogP contribution in [0, 0.1) is 5.92 Å². The fraction of sp³-hybridized carbons (Fsp3) is 1.00. The van der Waals surface area contributed by atoms with Crippen LogP contribution >= 0.6 is 0 Å². The van der Waals surface area contributed by atoms with E-state index in [-0.39, 0.29) is 0 Å². The van der Waals surface area contributed by atoms with Crippen molar-refractivity contribution in [2.45, 2.75) is 58.0 Å². The van der Waals surface area contributed by atoms with Crippen LogP contribution in [0.25, 0.3) is 0 Å². The van der Waals surface area contributed by atoms with Gasteiger partial charge in [0.25, 0.3) is 0 Å². The van der Waals surface area contributed by atoms with Gasteiger partial charge in [-0.3, -0.25) is 4.90 Å². The van der Waals surface area contributed by atoms with Gasteiger partial charge in [0, 0.05) is 24.7 Å². The Morgan fingerprint density at radius 3 is 2.73 bits per heavy atom. The number of nitrogens with one attached hydrogen (secondary N) is 1. The first-order valence-electron chi connectivity index (χ1n) is 6.62. The Morgan fingerprint density at radius 1 is 1.40 bits per heavy atom. The zero-order valence-electron chi connectivity index (χ0n) is 10.6. The molecular weight excluding hydrogens is 184 g/mol. The van der Waals surface area contributed by atoms with Gasteiger partial charge in [0.1, 0.15) is 0 Å². The minimum Gasteiger partial charge on any atom is -0.309 e. The molecule has 88 valence electrons. The van der Waals surface area contributed by atoms with Crippen LogP contribution < -0.4 is 5.32 Å². The van der Waals surface area contributed by atoms with Crippen molar-refractivity contribution in [3.8, 4) is 0 Å². The minimum absolute atomic E-state index is 0.357. The molecule has 2 heteroatoms. The minimum atomic E-state index is 0.357. The number of hydrogen-bond donors (Lipinski definition) is 1. The van der Waals surface area contributed by atoms with Gasteiger partial charge in [-0.05, 0) is 39.2 Å². The van der Waals surface area contributed by atoms with Gasteiger partial charge < -0.3 is 5.32 Å². The highest BCUT2D eigenvalue weighted by atomic mass is 15.2. The van der Waals surface area contributed by atoms with Crippen LogP contribution in [0.1, 0.15) is 46.5 Å². The van der Waals surface area contributed by atoms with Crippen LogP contribution in [-0.2, 0) is 0 Å². The first-order chi connectivity index (χ1) is 7.13. The van der Waals surface area contributed by atoms with E-state index >= 15 is 0 Å². The predicted molar refractivity (Wildman–Crippen MR) is 65.1 cm³/mol. The summed E-state index contributed by atoms with van der Waals surface area (Å²) in [6.07, 6.45) is 5.65. The second kappa shape index (κ2) is 4.42. The first kappa shape index (κ1) is 11.4. The van der Waals surface area contributed by atoms with E-state index < -0.39 is 0 Å². The maximum Gasteiger partial charge on any atom is 0.0278 e. The summed E-state index contributed by atoms with van der Waals surface area (Å²) in [6, 6.07) is 0.725. The summed E-state index contributed by atoms with van der Waals surface area (Å²) in [6.45, 7) is 10.7. The molecule has 2 aliphatic rings. The molecule has 1 N–H and O–H groups in total. The molecule has 0 radical (unpaired) electrons. The number of piperazine rings is 1. The van der Waals surface area contributed by atoms with Crippen molar-refractivity contribution in [2.75, 3.05) is 19.6 Å². The summed E-state index contributed by atoms with van der Waals surface area (Å²) >= 11 is 0. The standard InChI is InChI=1S/C13H26N2/c1-4-13(3)10-15(11(2)9-14-13)8-7-12-5-6-12/h11-12,14H,4-10H2,1-3H3. The molecule has 0 bridgehead atoms. The highest BCUT2D eigenvalue weighted by Gasteiger charge is 2.33. The van der Waals surface area contributed by atoms with Gasteiger partial charge in [0.05, 0.1) is 0 Å². The summed E-state index contributed by atoms with van der Waals surface area (Å²) in [5.41, 5.74) is 0.357. The van der Waals surface area contributed by atoms with Gasteiger partial charge in [0.15, 0.2) is 0 Å². The van der Waals surface area contributed by atoms with E-state index in [0.29, 0.717) is 5.54 Å². The second-order valence-electron chi connectivity index (χ2n) is 5.85. The van der Waals surface area contributed by atoms with Crippen LogP contribution in [-0.4, -0.2) is 36.1 Å².